The van der Waals surface area contributed by atoms with Gasteiger partial charge in [0.15, 0.2) is 0 Å². The van der Waals surface area contributed by atoms with Crippen molar-refractivity contribution in [2.24, 2.45) is 0 Å². The van der Waals surface area contributed by atoms with Gasteiger partial charge in [0.1, 0.15) is 0 Å². The molecule has 15 heavy (non-hydrogen) atoms. The number of nitrogens with zero attached hydrogens (tertiary/aromatic N) is 1. The summed E-state index contributed by atoms with van der Waals surface area (Å²) in [6, 6.07) is 8.12. The van der Waals surface area contributed by atoms with Gasteiger partial charge < -0.3 is 5.73 Å². The van der Waals surface area contributed by atoms with Gasteiger partial charge in [-0.05, 0) is 36.6 Å². The largest absolute Gasteiger partial charge is 0.398 e. The third-order valence-electron chi connectivity index (χ3n) is 2.72. The molecule has 0 aliphatic heterocycles. The lowest BCUT2D eigenvalue weighted by molar-refractivity contribution is 0.797. The third-order valence-corrected chi connectivity index (χ3v) is 2.72. The van der Waals surface area contributed by atoms with E-state index >= 15 is 0 Å². The van der Waals surface area contributed by atoms with Gasteiger partial charge in [0.2, 0.25) is 0 Å². The van der Waals surface area contributed by atoms with Crippen LogP contribution in [0.15, 0.2) is 30.5 Å². The van der Waals surface area contributed by atoms with Crippen molar-refractivity contribution in [1.82, 2.24) is 4.98 Å². The number of aryl methyl sites for hydroxylation is 1. The Balaban J connectivity index is 2.45. The second kappa shape index (κ2) is 4.30. The molecule has 2 heteroatoms. The van der Waals surface area contributed by atoms with Crippen molar-refractivity contribution < 1.29 is 0 Å². The minimum absolute atomic E-state index is 0.897. The molecule has 0 aliphatic carbocycles. The number of unbranched alkanes of at least 4 members (excludes halogenated alkanes) is 1. The summed E-state index contributed by atoms with van der Waals surface area (Å²) in [5.41, 5.74) is 9.25. The lowest BCUT2D eigenvalue weighted by atomic mass is 10.0. The average Bonchev–Trinajstić information content (AvgIpc) is 2.29. The first-order valence-corrected chi connectivity index (χ1v) is 5.45. The van der Waals surface area contributed by atoms with E-state index in [1.54, 1.807) is 6.20 Å². The summed E-state index contributed by atoms with van der Waals surface area (Å²) in [5, 5.41) is 1.08. The molecule has 0 saturated carbocycles. The van der Waals surface area contributed by atoms with Gasteiger partial charge in [0.25, 0.3) is 0 Å². The summed E-state index contributed by atoms with van der Waals surface area (Å²) in [4.78, 5) is 4.28. The van der Waals surface area contributed by atoms with E-state index in [1.807, 2.05) is 12.1 Å². The van der Waals surface area contributed by atoms with Gasteiger partial charge in [0.05, 0.1) is 5.52 Å². The first kappa shape index (κ1) is 9.97. The highest BCUT2D eigenvalue weighted by Gasteiger charge is 2.03. The maximum atomic E-state index is 6.12. The molecule has 0 bridgehead atoms. The fourth-order valence-electron chi connectivity index (χ4n) is 1.81. The molecular weight excluding hydrogens is 184 g/mol. The number of pyridine rings is 1. The van der Waals surface area contributed by atoms with Crippen molar-refractivity contribution in [2.45, 2.75) is 26.2 Å². The smallest absolute Gasteiger partial charge is 0.0722 e. The van der Waals surface area contributed by atoms with Gasteiger partial charge in [-0.1, -0.05) is 19.4 Å². The van der Waals surface area contributed by atoms with E-state index in [4.69, 9.17) is 5.73 Å². The maximum absolute atomic E-state index is 6.12. The minimum Gasteiger partial charge on any atom is -0.398 e. The SMILES string of the molecule is CCCCc1ccc2ncccc2c1N. The van der Waals surface area contributed by atoms with Crippen molar-refractivity contribution in [2.75, 3.05) is 5.73 Å². The minimum atomic E-state index is 0.897. The Morgan fingerprint density at radius 1 is 1.27 bits per heavy atom. The fraction of sp³-hybridized carbons (Fsp3) is 0.308. The number of hydrogen-bond donors (Lipinski definition) is 1. The summed E-state index contributed by atoms with van der Waals surface area (Å²) >= 11 is 0. The number of hydrogen-bond acceptors (Lipinski definition) is 2. The first-order valence-electron chi connectivity index (χ1n) is 5.45. The van der Waals surface area contributed by atoms with Crippen molar-refractivity contribution in [3.63, 3.8) is 0 Å². The molecule has 2 N–H and O–H groups in total. The summed E-state index contributed by atoms with van der Waals surface area (Å²) in [6.07, 6.45) is 5.25. The molecule has 2 rings (SSSR count). The molecule has 2 aromatic rings. The van der Waals surface area contributed by atoms with Gasteiger partial charge in [-0.2, -0.15) is 0 Å². The topological polar surface area (TPSA) is 38.9 Å². The number of fused-ring (bicyclic) bond motifs is 1. The monoisotopic (exact) mass is 200 g/mol. The van der Waals surface area contributed by atoms with Gasteiger partial charge in [0, 0.05) is 17.3 Å². The molecule has 0 amide bonds. The van der Waals surface area contributed by atoms with Crippen LogP contribution in [0.3, 0.4) is 0 Å². The molecule has 0 aliphatic rings. The van der Waals surface area contributed by atoms with Crippen LogP contribution in [0.4, 0.5) is 5.69 Å². The lowest BCUT2D eigenvalue weighted by Gasteiger charge is -2.07. The van der Waals surface area contributed by atoms with Crippen LogP contribution >= 0.6 is 0 Å². The molecule has 2 nitrogen and oxygen atoms in total. The quantitative estimate of drug-likeness (QED) is 0.773. The number of benzene rings is 1. The number of nitrogens with two attached hydrogens (primary N) is 1. The molecular formula is C13H16N2. The summed E-state index contributed by atoms with van der Waals surface area (Å²) in [7, 11) is 0. The Kier molecular flexibility index (Phi) is 2.86. The lowest BCUT2D eigenvalue weighted by Crippen LogP contribution is -1.96. The van der Waals surface area contributed by atoms with Gasteiger partial charge >= 0.3 is 0 Å². The van der Waals surface area contributed by atoms with E-state index in [9.17, 15) is 0 Å². The molecule has 1 aromatic heterocycles. The molecule has 0 fully saturated rings. The Morgan fingerprint density at radius 3 is 2.93 bits per heavy atom. The molecule has 0 spiro atoms. The van der Waals surface area contributed by atoms with Crippen LogP contribution in [-0.4, -0.2) is 4.98 Å². The first-order chi connectivity index (χ1) is 7.33. The van der Waals surface area contributed by atoms with Gasteiger partial charge in [-0.15, -0.1) is 0 Å². The van der Waals surface area contributed by atoms with E-state index in [0.29, 0.717) is 0 Å². The van der Waals surface area contributed by atoms with E-state index < -0.39 is 0 Å². The van der Waals surface area contributed by atoms with Crippen molar-refractivity contribution >= 4 is 16.6 Å². The summed E-state index contributed by atoms with van der Waals surface area (Å²) in [5.74, 6) is 0. The van der Waals surface area contributed by atoms with E-state index in [1.165, 1.54) is 18.4 Å². The Bertz CT molecular complexity index is 463. The van der Waals surface area contributed by atoms with E-state index in [-0.39, 0.29) is 0 Å². The highest BCUT2D eigenvalue weighted by atomic mass is 14.7. The van der Waals surface area contributed by atoms with Gasteiger partial charge in [-0.25, -0.2) is 0 Å². The van der Waals surface area contributed by atoms with Crippen LogP contribution in [0.1, 0.15) is 25.3 Å². The standard InChI is InChI=1S/C13H16N2/c1-2-3-5-10-7-8-12-11(13(10)14)6-4-9-15-12/h4,6-9H,2-3,5,14H2,1H3. The fourth-order valence-corrected chi connectivity index (χ4v) is 1.81. The van der Waals surface area contributed by atoms with E-state index in [0.717, 1.165) is 23.0 Å². The Hall–Kier alpha value is -1.57. The Labute approximate surface area is 90.1 Å². The highest BCUT2D eigenvalue weighted by molar-refractivity contribution is 5.91. The zero-order chi connectivity index (χ0) is 10.7. The normalized spacial score (nSPS) is 10.7. The second-order valence-electron chi connectivity index (χ2n) is 3.81. The summed E-state index contributed by atoms with van der Waals surface area (Å²) < 4.78 is 0. The van der Waals surface area contributed by atoms with Crippen LogP contribution in [0.25, 0.3) is 10.9 Å². The predicted octanol–water partition coefficient (Wildman–Crippen LogP) is 3.16. The van der Waals surface area contributed by atoms with Crippen molar-refractivity contribution in [3.05, 3.63) is 36.0 Å². The van der Waals surface area contributed by atoms with Crippen LogP contribution in [0.5, 0.6) is 0 Å². The number of aromatic nitrogens is 1. The Morgan fingerprint density at radius 2 is 2.13 bits per heavy atom. The van der Waals surface area contributed by atoms with Crippen LogP contribution in [0, 0.1) is 0 Å². The summed E-state index contributed by atoms with van der Waals surface area (Å²) in [6.45, 7) is 2.19. The molecule has 78 valence electrons. The molecule has 1 aromatic carbocycles. The number of nitrogen functional groups attached to an aromatic ring is 1. The zero-order valence-corrected chi connectivity index (χ0v) is 9.03. The second-order valence-corrected chi connectivity index (χ2v) is 3.81. The van der Waals surface area contributed by atoms with Crippen molar-refractivity contribution in [1.29, 1.82) is 0 Å². The number of rotatable bonds is 3. The van der Waals surface area contributed by atoms with Crippen LogP contribution < -0.4 is 5.73 Å². The van der Waals surface area contributed by atoms with Gasteiger partial charge in [-0.3, -0.25) is 4.98 Å². The highest BCUT2D eigenvalue weighted by Crippen LogP contribution is 2.24. The average molecular weight is 200 g/mol. The number of anilines is 1. The molecule has 1 heterocycles. The van der Waals surface area contributed by atoms with Crippen LogP contribution in [0.2, 0.25) is 0 Å². The predicted molar refractivity (Wildman–Crippen MR) is 64.8 cm³/mol. The molecule has 0 unspecified atom stereocenters. The maximum Gasteiger partial charge on any atom is 0.0722 e. The molecule has 0 saturated heterocycles. The van der Waals surface area contributed by atoms with Crippen LogP contribution in [-0.2, 0) is 6.42 Å². The van der Waals surface area contributed by atoms with Crippen molar-refractivity contribution in [3.8, 4) is 0 Å². The zero-order valence-electron chi connectivity index (χ0n) is 9.03. The van der Waals surface area contributed by atoms with E-state index in [2.05, 4.69) is 24.0 Å². The molecule has 0 atom stereocenters. The molecule has 0 radical (unpaired) electrons. The third kappa shape index (κ3) is 1.94.